The summed E-state index contributed by atoms with van der Waals surface area (Å²) in [7, 11) is 0. The molecule has 0 aromatic rings. The Balaban J connectivity index is 1.43. The van der Waals surface area contributed by atoms with E-state index in [9.17, 15) is 0 Å². The molecule has 0 saturated heterocycles. The fourth-order valence-electron chi connectivity index (χ4n) is 3.25. The lowest BCUT2D eigenvalue weighted by atomic mass is 9.74. The Bertz CT molecular complexity index is 383. The van der Waals surface area contributed by atoms with E-state index < -0.39 is 0 Å². The standard InChI is InChI=1S/C14H21N3S/c18-14(15-11-6-2-1-3-7-11)17-16-13-9-10-5-4-8-12(10)13/h4-5,10-12H,1-3,6-9H2,(H2,15,17,18)/b16-13-/t10-,12+/m0/s1. The van der Waals surface area contributed by atoms with E-state index in [0.717, 1.165) is 18.8 Å². The quantitative estimate of drug-likeness (QED) is 0.457. The summed E-state index contributed by atoms with van der Waals surface area (Å²) in [6.07, 6.45) is 13.4. The highest BCUT2D eigenvalue weighted by Gasteiger charge is 2.37. The highest BCUT2D eigenvalue weighted by molar-refractivity contribution is 7.80. The van der Waals surface area contributed by atoms with Gasteiger partial charge in [-0.2, -0.15) is 5.10 Å². The molecule has 3 nitrogen and oxygen atoms in total. The van der Waals surface area contributed by atoms with Crippen LogP contribution in [-0.4, -0.2) is 16.9 Å². The fraction of sp³-hybridized carbons (Fsp3) is 0.714. The van der Waals surface area contributed by atoms with Crippen LogP contribution in [0.1, 0.15) is 44.9 Å². The number of allylic oxidation sites excluding steroid dienone is 2. The second kappa shape index (κ2) is 5.39. The molecule has 2 fully saturated rings. The van der Waals surface area contributed by atoms with Crippen molar-refractivity contribution in [2.24, 2.45) is 16.9 Å². The Labute approximate surface area is 114 Å². The molecule has 0 aliphatic heterocycles. The Morgan fingerprint density at radius 3 is 2.89 bits per heavy atom. The van der Waals surface area contributed by atoms with E-state index in [1.54, 1.807) is 0 Å². The molecule has 0 spiro atoms. The van der Waals surface area contributed by atoms with Gasteiger partial charge in [0.25, 0.3) is 0 Å². The molecular weight excluding hydrogens is 242 g/mol. The number of hydrogen-bond donors (Lipinski definition) is 2. The van der Waals surface area contributed by atoms with Crippen molar-refractivity contribution >= 4 is 23.0 Å². The first-order valence-electron chi connectivity index (χ1n) is 7.12. The van der Waals surface area contributed by atoms with Crippen molar-refractivity contribution in [1.82, 2.24) is 10.7 Å². The Kier molecular flexibility index (Phi) is 3.64. The molecule has 0 aromatic carbocycles. The molecule has 2 N–H and O–H groups in total. The summed E-state index contributed by atoms with van der Waals surface area (Å²) in [6, 6.07) is 0.557. The van der Waals surface area contributed by atoms with Crippen LogP contribution in [0.4, 0.5) is 0 Å². The predicted molar refractivity (Wildman–Crippen MR) is 78.5 cm³/mol. The minimum atomic E-state index is 0.557. The molecule has 98 valence electrons. The molecule has 0 aromatic heterocycles. The van der Waals surface area contributed by atoms with Gasteiger partial charge in [-0.1, -0.05) is 31.4 Å². The molecule has 3 aliphatic rings. The van der Waals surface area contributed by atoms with Crippen LogP contribution < -0.4 is 10.7 Å². The maximum atomic E-state index is 5.30. The van der Waals surface area contributed by atoms with Crippen LogP contribution in [0.3, 0.4) is 0 Å². The van der Waals surface area contributed by atoms with Gasteiger partial charge in [0.1, 0.15) is 0 Å². The molecule has 4 heteroatoms. The third kappa shape index (κ3) is 2.58. The number of rotatable bonds is 2. The lowest BCUT2D eigenvalue weighted by Crippen LogP contribution is -2.42. The van der Waals surface area contributed by atoms with Gasteiger partial charge in [0.15, 0.2) is 5.11 Å². The number of thiocarbonyl (C=S) groups is 1. The topological polar surface area (TPSA) is 36.4 Å². The van der Waals surface area contributed by atoms with Crippen molar-refractivity contribution in [3.05, 3.63) is 12.2 Å². The first-order valence-corrected chi connectivity index (χ1v) is 7.53. The Morgan fingerprint density at radius 2 is 2.11 bits per heavy atom. The van der Waals surface area contributed by atoms with Gasteiger partial charge in [-0.3, -0.25) is 5.43 Å². The molecular formula is C14H21N3S. The van der Waals surface area contributed by atoms with Crippen LogP contribution in [0.25, 0.3) is 0 Å². The number of nitrogens with one attached hydrogen (secondary N) is 2. The average molecular weight is 263 g/mol. The first-order chi connectivity index (χ1) is 8.83. The molecule has 2 atom stereocenters. The van der Waals surface area contributed by atoms with Crippen molar-refractivity contribution in [2.45, 2.75) is 51.0 Å². The van der Waals surface area contributed by atoms with Crippen LogP contribution in [0.5, 0.6) is 0 Å². The first kappa shape index (κ1) is 12.2. The zero-order valence-corrected chi connectivity index (χ0v) is 11.5. The van der Waals surface area contributed by atoms with Crippen LogP contribution in [0, 0.1) is 11.8 Å². The Morgan fingerprint density at radius 1 is 1.28 bits per heavy atom. The molecule has 18 heavy (non-hydrogen) atoms. The average Bonchev–Trinajstić information content (AvgIpc) is 2.72. The van der Waals surface area contributed by atoms with Gasteiger partial charge in [0.05, 0.1) is 0 Å². The lowest BCUT2D eigenvalue weighted by Gasteiger charge is -2.32. The molecule has 0 bridgehead atoms. The molecule has 0 heterocycles. The zero-order chi connectivity index (χ0) is 12.4. The van der Waals surface area contributed by atoms with Crippen LogP contribution in [-0.2, 0) is 0 Å². The summed E-state index contributed by atoms with van der Waals surface area (Å²) in [5.41, 5.74) is 4.31. The minimum Gasteiger partial charge on any atom is -0.359 e. The maximum absolute atomic E-state index is 5.30. The predicted octanol–water partition coefficient (Wildman–Crippen LogP) is 2.74. The summed E-state index contributed by atoms with van der Waals surface area (Å²) in [5.74, 6) is 1.42. The number of hydrogen-bond acceptors (Lipinski definition) is 2. The van der Waals surface area contributed by atoms with Crippen molar-refractivity contribution in [3.8, 4) is 0 Å². The van der Waals surface area contributed by atoms with Crippen LogP contribution in [0.2, 0.25) is 0 Å². The van der Waals surface area contributed by atoms with Crippen molar-refractivity contribution in [1.29, 1.82) is 0 Å². The van der Waals surface area contributed by atoms with Crippen molar-refractivity contribution in [3.63, 3.8) is 0 Å². The van der Waals surface area contributed by atoms with Gasteiger partial charge in [-0.05, 0) is 43.8 Å². The van der Waals surface area contributed by atoms with Crippen molar-refractivity contribution < 1.29 is 0 Å². The summed E-state index contributed by atoms with van der Waals surface area (Å²) >= 11 is 5.30. The van der Waals surface area contributed by atoms with Gasteiger partial charge in [-0.25, -0.2) is 0 Å². The van der Waals surface area contributed by atoms with Crippen molar-refractivity contribution in [2.75, 3.05) is 0 Å². The summed E-state index contributed by atoms with van der Waals surface area (Å²) in [4.78, 5) is 0. The molecule has 0 amide bonds. The largest absolute Gasteiger partial charge is 0.359 e. The van der Waals surface area contributed by atoms with E-state index in [2.05, 4.69) is 28.0 Å². The minimum absolute atomic E-state index is 0.557. The number of nitrogens with zero attached hydrogens (tertiary/aromatic N) is 1. The second-order valence-electron chi connectivity index (χ2n) is 5.66. The summed E-state index contributed by atoms with van der Waals surface area (Å²) < 4.78 is 0. The maximum Gasteiger partial charge on any atom is 0.187 e. The molecule has 3 rings (SSSR count). The van der Waals surface area contributed by atoms with E-state index in [-0.39, 0.29) is 0 Å². The van der Waals surface area contributed by atoms with Gasteiger partial charge in [0.2, 0.25) is 0 Å². The third-order valence-electron chi connectivity index (χ3n) is 4.40. The Hall–Kier alpha value is -0.900. The van der Waals surface area contributed by atoms with E-state index in [1.165, 1.54) is 37.8 Å². The SMILES string of the molecule is S=C(N/N=C1/C[C@@H]2C=CC[C@@H]12)NC1CCCCC1. The molecule has 0 radical (unpaired) electrons. The normalized spacial score (nSPS) is 33.0. The van der Waals surface area contributed by atoms with E-state index >= 15 is 0 Å². The number of fused-ring (bicyclic) bond motifs is 1. The third-order valence-corrected chi connectivity index (χ3v) is 4.61. The number of hydrazone groups is 1. The van der Waals surface area contributed by atoms with E-state index in [4.69, 9.17) is 12.2 Å². The summed E-state index contributed by atoms with van der Waals surface area (Å²) in [5, 5.41) is 8.54. The van der Waals surface area contributed by atoms with Crippen LogP contribution >= 0.6 is 12.2 Å². The highest BCUT2D eigenvalue weighted by atomic mass is 32.1. The van der Waals surface area contributed by atoms with Gasteiger partial charge >= 0.3 is 0 Å². The fourth-order valence-corrected chi connectivity index (χ4v) is 3.46. The smallest absolute Gasteiger partial charge is 0.187 e. The zero-order valence-electron chi connectivity index (χ0n) is 10.7. The van der Waals surface area contributed by atoms with E-state index in [1.807, 2.05) is 0 Å². The van der Waals surface area contributed by atoms with E-state index in [0.29, 0.717) is 17.1 Å². The van der Waals surface area contributed by atoms with Gasteiger partial charge < -0.3 is 5.32 Å². The van der Waals surface area contributed by atoms with Gasteiger partial charge in [-0.15, -0.1) is 0 Å². The summed E-state index contributed by atoms with van der Waals surface area (Å²) in [6.45, 7) is 0. The highest BCUT2D eigenvalue weighted by Crippen LogP contribution is 2.39. The van der Waals surface area contributed by atoms with Crippen LogP contribution in [0.15, 0.2) is 17.3 Å². The molecule has 3 aliphatic carbocycles. The molecule has 0 unspecified atom stereocenters. The second-order valence-corrected chi connectivity index (χ2v) is 6.07. The monoisotopic (exact) mass is 263 g/mol. The molecule has 2 saturated carbocycles. The van der Waals surface area contributed by atoms with Gasteiger partial charge in [0, 0.05) is 17.7 Å². The lowest BCUT2D eigenvalue weighted by molar-refractivity contribution is 0.412.